The number of nitro groups is 1. The normalized spacial score (nSPS) is 26.7. The molecule has 1 saturated carbocycles. The number of non-ortho nitro benzene ring substituents is 1. The topological polar surface area (TPSA) is 124 Å². The lowest BCUT2D eigenvalue weighted by atomic mass is 9.69. The molecule has 0 radical (unpaired) electrons. The van der Waals surface area contributed by atoms with Crippen LogP contribution < -0.4 is 0 Å². The Bertz CT molecular complexity index is 929. The van der Waals surface area contributed by atoms with Gasteiger partial charge in [0.05, 0.1) is 22.5 Å². The number of nitro benzene ring substituents is 1. The largest absolute Gasteiger partial charge is 0.333 e. The molecule has 1 amide bonds. The van der Waals surface area contributed by atoms with Gasteiger partial charge in [0.15, 0.2) is 5.78 Å². The molecule has 4 atom stereocenters. The van der Waals surface area contributed by atoms with Gasteiger partial charge in [-0.1, -0.05) is 0 Å². The summed E-state index contributed by atoms with van der Waals surface area (Å²) in [7, 11) is -4.01. The molecule has 3 rings (SSSR count). The zero-order valence-corrected chi connectivity index (χ0v) is 17.8. The van der Waals surface area contributed by atoms with E-state index in [1.807, 2.05) is 0 Å². The van der Waals surface area contributed by atoms with E-state index in [0.717, 1.165) is 31.4 Å². The number of carbonyl (C=O) groups is 2. The Balaban J connectivity index is 1.61. The van der Waals surface area contributed by atoms with Crippen molar-refractivity contribution in [2.24, 2.45) is 17.8 Å². The monoisotopic (exact) mass is 438 g/mol. The molecule has 1 heterocycles. The molecule has 9 nitrogen and oxygen atoms in total. The molecular formula is C20H26N2O7S. The average Bonchev–Trinajstić information content (AvgIpc) is 2.71. The number of Topliss-reactive ketones (excluding diaryl/α,β-unsaturated/α-hetero) is 1. The summed E-state index contributed by atoms with van der Waals surface area (Å²) >= 11 is 0. The standard InChI is InChI=1S/C20H26N2O7S/c1-13(23)20-10-17-9-15(3-4-16(17)11-21(20)14(2)24)12-29-30(27,28)19-7-5-18(6-8-19)22(25)26/h5-8,15-17,20H,3-4,9-12H2,1-2H3/t15-,16-,17+,20-/m0/s1. The van der Waals surface area contributed by atoms with Crippen molar-refractivity contribution >= 4 is 27.5 Å². The highest BCUT2D eigenvalue weighted by Gasteiger charge is 2.41. The van der Waals surface area contributed by atoms with Crippen LogP contribution in [0.1, 0.15) is 39.5 Å². The molecule has 0 N–H and O–H groups in total. The van der Waals surface area contributed by atoms with Crippen molar-refractivity contribution in [3.05, 3.63) is 34.4 Å². The van der Waals surface area contributed by atoms with Gasteiger partial charge in [0, 0.05) is 25.6 Å². The highest BCUT2D eigenvalue weighted by molar-refractivity contribution is 7.86. The van der Waals surface area contributed by atoms with Crippen LogP contribution in [0.5, 0.6) is 0 Å². The van der Waals surface area contributed by atoms with Crippen LogP contribution in [0, 0.1) is 27.9 Å². The number of ketones is 1. The van der Waals surface area contributed by atoms with E-state index in [1.54, 1.807) is 4.90 Å². The van der Waals surface area contributed by atoms with Crippen LogP contribution in [0.25, 0.3) is 0 Å². The molecule has 1 saturated heterocycles. The fourth-order valence-corrected chi connectivity index (χ4v) is 5.60. The van der Waals surface area contributed by atoms with E-state index in [9.17, 15) is 28.1 Å². The average molecular weight is 439 g/mol. The number of piperidine rings is 1. The second kappa shape index (κ2) is 8.81. The summed E-state index contributed by atoms with van der Waals surface area (Å²) in [5, 5.41) is 10.7. The number of hydrogen-bond donors (Lipinski definition) is 0. The first kappa shape index (κ1) is 22.4. The Morgan fingerprint density at radius 2 is 1.80 bits per heavy atom. The summed E-state index contributed by atoms with van der Waals surface area (Å²) in [5.41, 5.74) is -0.191. The highest BCUT2D eigenvalue weighted by atomic mass is 32.2. The Hall–Kier alpha value is -2.33. The summed E-state index contributed by atoms with van der Waals surface area (Å²) in [6.07, 6.45) is 2.99. The number of likely N-dealkylation sites (tertiary alicyclic amines) is 1. The van der Waals surface area contributed by atoms with Crippen LogP contribution in [0.4, 0.5) is 5.69 Å². The fourth-order valence-electron chi connectivity index (χ4n) is 4.62. The van der Waals surface area contributed by atoms with Gasteiger partial charge in [0.25, 0.3) is 15.8 Å². The van der Waals surface area contributed by atoms with Gasteiger partial charge in [-0.15, -0.1) is 0 Å². The van der Waals surface area contributed by atoms with Crippen molar-refractivity contribution < 1.29 is 27.1 Å². The lowest BCUT2D eigenvalue weighted by molar-refractivity contribution is -0.384. The molecule has 1 aromatic carbocycles. The number of carbonyl (C=O) groups excluding carboxylic acids is 2. The summed E-state index contributed by atoms with van der Waals surface area (Å²) in [4.78, 5) is 35.6. The number of hydrogen-bond acceptors (Lipinski definition) is 7. The van der Waals surface area contributed by atoms with Gasteiger partial charge < -0.3 is 4.90 Å². The van der Waals surface area contributed by atoms with E-state index in [-0.39, 0.29) is 40.7 Å². The van der Waals surface area contributed by atoms with E-state index < -0.39 is 21.1 Å². The first-order chi connectivity index (χ1) is 14.1. The van der Waals surface area contributed by atoms with Gasteiger partial charge in [-0.2, -0.15) is 8.42 Å². The molecule has 0 spiro atoms. The Labute approximate surface area is 175 Å². The fraction of sp³-hybridized carbons (Fsp3) is 0.600. The van der Waals surface area contributed by atoms with Crippen LogP contribution in [0.3, 0.4) is 0 Å². The second-order valence-corrected chi connectivity index (χ2v) is 9.84. The maximum absolute atomic E-state index is 12.4. The van der Waals surface area contributed by atoms with Crippen LogP contribution in [-0.4, -0.2) is 49.1 Å². The first-order valence-corrected chi connectivity index (χ1v) is 11.4. The molecule has 0 bridgehead atoms. The molecule has 10 heteroatoms. The molecule has 30 heavy (non-hydrogen) atoms. The Kier molecular flexibility index (Phi) is 6.56. The summed E-state index contributed by atoms with van der Waals surface area (Å²) in [6, 6.07) is 4.18. The van der Waals surface area contributed by atoms with Crippen LogP contribution >= 0.6 is 0 Å². The zero-order valence-electron chi connectivity index (χ0n) is 17.0. The van der Waals surface area contributed by atoms with Crippen molar-refractivity contribution in [2.45, 2.75) is 50.5 Å². The van der Waals surface area contributed by atoms with Crippen molar-refractivity contribution in [2.75, 3.05) is 13.2 Å². The minimum absolute atomic E-state index is 0.0252. The van der Waals surface area contributed by atoms with Gasteiger partial charge in [-0.3, -0.25) is 23.9 Å². The summed E-state index contributed by atoms with van der Waals surface area (Å²) in [6.45, 7) is 3.59. The van der Waals surface area contributed by atoms with E-state index in [1.165, 1.54) is 26.0 Å². The SMILES string of the molecule is CC(=O)[C@@H]1C[C@H]2C[C@@H](COS(=O)(=O)c3ccc([N+](=O)[O-])cc3)CC[C@H]2CN1C(C)=O. The quantitative estimate of drug-likeness (QED) is 0.380. The molecule has 0 unspecified atom stereocenters. The third-order valence-electron chi connectivity index (χ3n) is 6.25. The molecule has 164 valence electrons. The van der Waals surface area contributed by atoms with Gasteiger partial charge in [0.1, 0.15) is 0 Å². The van der Waals surface area contributed by atoms with E-state index in [4.69, 9.17) is 4.18 Å². The molecule has 2 fully saturated rings. The predicted octanol–water partition coefficient (Wildman–Crippen LogP) is 2.54. The summed E-state index contributed by atoms with van der Waals surface area (Å²) in [5.74, 6) is 0.484. The maximum atomic E-state index is 12.4. The van der Waals surface area contributed by atoms with Gasteiger partial charge in [-0.05, 0) is 62.5 Å². The molecule has 2 aliphatic rings. The van der Waals surface area contributed by atoms with Crippen LogP contribution in [0.15, 0.2) is 29.2 Å². The Morgan fingerprint density at radius 1 is 1.13 bits per heavy atom. The van der Waals surface area contributed by atoms with Gasteiger partial charge in [-0.25, -0.2) is 0 Å². The molecule has 1 aliphatic carbocycles. The van der Waals surface area contributed by atoms with E-state index in [0.29, 0.717) is 18.9 Å². The molecule has 1 aliphatic heterocycles. The number of fused-ring (bicyclic) bond motifs is 1. The maximum Gasteiger partial charge on any atom is 0.296 e. The third-order valence-corrected chi connectivity index (χ3v) is 7.55. The minimum atomic E-state index is -4.01. The van der Waals surface area contributed by atoms with Crippen molar-refractivity contribution in [3.63, 3.8) is 0 Å². The minimum Gasteiger partial charge on any atom is -0.333 e. The number of rotatable bonds is 6. The van der Waals surface area contributed by atoms with Gasteiger partial charge >= 0.3 is 0 Å². The lowest BCUT2D eigenvalue weighted by Gasteiger charge is -2.46. The lowest BCUT2D eigenvalue weighted by Crippen LogP contribution is -2.53. The first-order valence-electron chi connectivity index (χ1n) is 10.00. The van der Waals surface area contributed by atoms with Crippen molar-refractivity contribution in [1.82, 2.24) is 4.90 Å². The Morgan fingerprint density at radius 3 is 2.37 bits per heavy atom. The van der Waals surface area contributed by atoms with Crippen LogP contribution in [0.2, 0.25) is 0 Å². The highest BCUT2D eigenvalue weighted by Crippen LogP contribution is 2.41. The molecule has 1 aromatic rings. The zero-order chi connectivity index (χ0) is 22.1. The third kappa shape index (κ3) is 4.86. The second-order valence-electron chi connectivity index (χ2n) is 8.22. The van der Waals surface area contributed by atoms with Crippen LogP contribution in [-0.2, 0) is 23.9 Å². The number of amides is 1. The smallest absolute Gasteiger partial charge is 0.296 e. The van der Waals surface area contributed by atoms with E-state index in [2.05, 4.69) is 0 Å². The predicted molar refractivity (Wildman–Crippen MR) is 107 cm³/mol. The number of benzene rings is 1. The van der Waals surface area contributed by atoms with Crippen molar-refractivity contribution in [1.29, 1.82) is 0 Å². The molecular weight excluding hydrogens is 412 g/mol. The van der Waals surface area contributed by atoms with Crippen molar-refractivity contribution in [3.8, 4) is 0 Å². The number of nitrogens with zero attached hydrogens (tertiary/aromatic N) is 2. The van der Waals surface area contributed by atoms with E-state index >= 15 is 0 Å². The summed E-state index contributed by atoms with van der Waals surface area (Å²) < 4.78 is 30.1. The van der Waals surface area contributed by atoms with Gasteiger partial charge in [0.2, 0.25) is 5.91 Å². The molecule has 0 aromatic heterocycles.